The highest BCUT2D eigenvalue weighted by atomic mass is 16.5. The van der Waals surface area contributed by atoms with Gasteiger partial charge in [-0.3, -0.25) is 14.8 Å². The van der Waals surface area contributed by atoms with Gasteiger partial charge in [-0.15, -0.1) is 0 Å². The number of benzene rings is 1. The van der Waals surface area contributed by atoms with Crippen molar-refractivity contribution in [3.8, 4) is 11.3 Å². The second-order valence-corrected chi connectivity index (χ2v) is 4.33. The monoisotopic (exact) mass is 271 g/mol. The predicted molar refractivity (Wildman–Crippen MR) is 75.6 cm³/mol. The van der Waals surface area contributed by atoms with Gasteiger partial charge >= 0.3 is 5.97 Å². The Balaban J connectivity index is 2.15. The lowest BCUT2D eigenvalue weighted by Crippen LogP contribution is -2.17. The van der Waals surface area contributed by atoms with Gasteiger partial charge in [-0.25, -0.2) is 0 Å². The lowest BCUT2D eigenvalue weighted by molar-refractivity contribution is -0.143. The minimum absolute atomic E-state index is 0.164. The Morgan fingerprint density at radius 1 is 1.40 bits per heavy atom. The van der Waals surface area contributed by atoms with Crippen molar-refractivity contribution in [1.29, 1.82) is 0 Å². The smallest absolute Gasteiger partial charge is 0.307 e. The van der Waals surface area contributed by atoms with Crippen molar-refractivity contribution in [2.75, 3.05) is 6.61 Å². The summed E-state index contributed by atoms with van der Waals surface area (Å²) in [5, 5.41) is 0. The Bertz CT molecular complexity index is 572. The molecule has 1 aromatic carbocycles. The molecule has 0 aliphatic rings. The third-order valence-corrected chi connectivity index (χ3v) is 2.87. The Morgan fingerprint density at radius 3 is 2.95 bits per heavy atom. The summed E-state index contributed by atoms with van der Waals surface area (Å²) < 4.78 is 4.91. The molecule has 0 saturated carbocycles. The number of hydrogen-bond donors (Lipinski definition) is 1. The summed E-state index contributed by atoms with van der Waals surface area (Å²) in [7, 11) is 0. The molecule has 0 bridgehead atoms. The molecule has 2 aromatic rings. The van der Waals surface area contributed by atoms with E-state index in [0.29, 0.717) is 6.61 Å². The van der Waals surface area contributed by atoms with Crippen molar-refractivity contribution in [3.63, 3.8) is 0 Å². The van der Waals surface area contributed by atoms with Gasteiger partial charge in [0.25, 0.3) is 0 Å². The molecule has 5 nitrogen and oxygen atoms in total. The number of ether oxygens (including phenoxy) is 1. The molecule has 1 atom stereocenters. The lowest BCUT2D eigenvalue weighted by Gasteiger charge is -2.12. The maximum absolute atomic E-state index is 11.5. The molecular weight excluding hydrogens is 254 g/mol. The van der Waals surface area contributed by atoms with Crippen LogP contribution in [0.5, 0.6) is 0 Å². The zero-order chi connectivity index (χ0) is 14.4. The van der Waals surface area contributed by atoms with Crippen LogP contribution in [0.2, 0.25) is 0 Å². The van der Waals surface area contributed by atoms with Gasteiger partial charge in [-0.05, 0) is 18.6 Å². The fraction of sp³-hybridized carbons (Fsp3) is 0.267. The molecule has 104 valence electrons. The first kappa shape index (κ1) is 14.1. The first-order valence-electron chi connectivity index (χ1n) is 6.48. The van der Waals surface area contributed by atoms with Crippen LogP contribution in [0, 0.1) is 0 Å². The minimum atomic E-state index is -0.384. The average Bonchev–Trinajstić information content (AvgIpc) is 2.48. The number of carbonyl (C=O) groups is 1. The summed E-state index contributed by atoms with van der Waals surface area (Å²) in [5.41, 5.74) is 8.61. The third kappa shape index (κ3) is 3.61. The van der Waals surface area contributed by atoms with Crippen molar-refractivity contribution in [3.05, 3.63) is 48.4 Å². The molecule has 2 N–H and O–H groups in total. The van der Waals surface area contributed by atoms with E-state index in [-0.39, 0.29) is 18.4 Å². The fourth-order valence-electron chi connectivity index (χ4n) is 1.89. The fourth-order valence-corrected chi connectivity index (χ4v) is 1.89. The van der Waals surface area contributed by atoms with E-state index in [1.807, 2.05) is 24.3 Å². The standard InChI is InChI=1S/C15H17N3O2/c1-2-20-15(19)9-13(16)11-4-3-5-12(8-11)14-10-17-6-7-18-14/h3-8,10,13H,2,9,16H2,1H3/t13-/m0/s1. The molecule has 0 amide bonds. The average molecular weight is 271 g/mol. The Kier molecular flexibility index (Phi) is 4.79. The SMILES string of the molecule is CCOC(=O)C[C@H](N)c1cccc(-c2cnccn2)c1. The van der Waals surface area contributed by atoms with E-state index in [4.69, 9.17) is 10.5 Å². The van der Waals surface area contributed by atoms with Gasteiger partial charge in [-0.2, -0.15) is 0 Å². The van der Waals surface area contributed by atoms with Crippen LogP contribution in [0.25, 0.3) is 11.3 Å². The second kappa shape index (κ2) is 6.77. The molecule has 0 aliphatic heterocycles. The summed E-state index contributed by atoms with van der Waals surface area (Å²) in [6.45, 7) is 2.14. The Hall–Kier alpha value is -2.27. The molecule has 0 spiro atoms. The van der Waals surface area contributed by atoms with E-state index < -0.39 is 0 Å². The zero-order valence-corrected chi connectivity index (χ0v) is 11.3. The molecule has 2 rings (SSSR count). The maximum atomic E-state index is 11.5. The highest BCUT2D eigenvalue weighted by molar-refractivity contribution is 5.70. The van der Waals surface area contributed by atoms with E-state index in [9.17, 15) is 4.79 Å². The van der Waals surface area contributed by atoms with Gasteiger partial charge in [0.1, 0.15) is 0 Å². The van der Waals surface area contributed by atoms with Crippen LogP contribution in [-0.2, 0) is 9.53 Å². The summed E-state index contributed by atoms with van der Waals surface area (Å²) in [4.78, 5) is 19.7. The van der Waals surface area contributed by atoms with Crippen molar-refractivity contribution in [2.45, 2.75) is 19.4 Å². The van der Waals surface area contributed by atoms with E-state index in [2.05, 4.69) is 9.97 Å². The van der Waals surface area contributed by atoms with Crippen LogP contribution in [0.1, 0.15) is 24.9 Å². The second-order valence-electron chi connectivity index (χ2n) is 4.33. The van der Waals surface area contributed by atoms with Crippen LogP contribution in [0.3, 0.4) is 0 Å². The number of aromatic nitrogens is 2. The predicted octanol–water partition coefficient (Wildman–Crippen LogP) is 2.10. The molecule has 0 unspecified atom stereocenters. The Morgan fingerprint density at radius 2 is 2.25 bits per heavy atom. The molecule has 1 heterocycles. The molecular formula is C15H17N3O2. The number of rotatable bonds is 5. The maximum Gasteiger partial charge on any atom is 0.307 e. The first-order chi connectivity index (χ1) is 9.70. The molecule has 0 saturated heterocycles. The van der Waals surface area contributed by atoms with Gasteiger partial charge in [0, 0.05) is 24.0 Å². The number of esters is 1. The van der Waals surface area contributed by atoms with Crippen LogP contribution in [0.4, 0.5) is 0 Å². The highest BCUT2D eigenvalue weighted by Crippen LogP contribution is 2.21. The van der Waals surface area contributed by atoms with Crippen LogP contribution in [0.15, 0.2) is 42.9 Å². The molecule has 1 aromatic heterocycles. The zero-order valence-electron chi connectivity index (χ0n) is 11.3. The number of hydrogen-bond acceptors (Lipinski definition) is 5. The molecule has 5 heteroatoms. The molecule has 0 aliphatic carbocycles. The molecule has 20 heavy (non-hydrogen) atoms. The summed E-state index contributed by atoms with van der Waals surface area (Å²) in [6, 6.07) is 7.26. The van der Waals surface area contributed by atoms with E-state index >= 15 is 0 Å². The van der Waals surface area contributed by atoms with E-state index in [1.54, 1.807) is 25.5 Å². The summed E-state index contributed by atoms with van der Waals surface area (Å²) >= 11 is 0. The summed E-state index contributed by atoms with van der Waals surface area (Å²) in [5.74, 6) is -0.287. The number of nitrogens with zero attached hydrogens (tertiary/aromatic N) is 2. The topological polar surface area (TPSA) is 78.1 Å². The van der Waals surface area contributed by atoms with E-state index in [1.165, 1.54) is 0 Å². The molecule has 0 fully saturated rings. The van der Waals surface area contributed by atoms with Crippen LogP contribution >= 0.6 is 0 Å². The minimum Gasteiger partial charge on any atom is -0.466 e. The highest BCUT2D eigenvalue weighted by Gasteiger charge is 2.13. The van der Waals surface area contributed by atoms with Gasteiger partial charge in [-0.1, -0.05) is 18.2 Å². The Labute approximate surface area is 117 Å². The normalized spacial score (nSPS) is 11.9. The molecule has 0 radical (unpaired) electrons. The first-order valence-corrected chi connectivity index (χ1v) is 6.48. The lowest BCUT2D eigenvalue weighted by atomic mass is 10.0. The van der Waals surface area contributed by atoms with Crippen LogP contribution < -0.4 is 5.73 Å². The van der Waals surface area contributed by atoms with E-state index in [0.717, 1.165) is 16.8 Å². The van der Waals surface area contributed by atoms with Crippen molar-refractivity contribution >= 4 is 5.97 Å². The van der Waals surface area contributed by atoms with Gasteiger partial charge < -0.3 is 10.5 Å². The van der Waals surface area contributed by atoms with Crippen molar-refractivity contribution in [1.82, 2.24) is 9.97 Å². The summed E-state index contributed by atoms with van der Waals surface area (Å²) in [6.07, 6.45) is 5.12. The van der Waals surface area contributed by atoms with Crippen molar-refractivity contribution in [2.24, 2.45) is 5.73 Å². The number of nitrogens with two attached hydrogens (primary N) is 1. The van der Waals surface area contributed by atoms with Gasteiger partial charge in [0.15, 0.2) is 0 Å². The van der Waals surface area contributed by atoms with Gasteiger partial charge in [0.05, 0.1) is 24.9 Å². The number of carbonyl (C=O) groups excluding carboxylic acids is 1. The third-order valence-electron chi connectivity index (χ3n) is 2.87. The largest absolute Gasteiger partial charge is 0.466 e. The van der Waals surface area contributed by atoms with Crippen molar-refractivity contribution < 1.29 is 9.53 Å². The quantitative estimate of drug-likeness (QED) is 0.842. The van der Waals surface area contributed by atoms with Gasteiger partial charge in [0.2, 0.25) is 0 Å². The van der Waals surface area contributed by atoms with Crippen LogP contribution in [-0.4, -0.2) is 22.5 Å².